The van der Waals surface area contributed by atoms with Gasteiger partial charge >= 0.3 is 0 Å². The van der Waals surface area contributed by atoms with Gasteiger partial charge in [0.05, 0.1) is 6.10 Å². The Morgan fingerprint density at radius 1 is 1.43 bits per heavy atom. The van der Waals surface area contributed by atoms with Gasteiger partial charge in [0.1, 0.15) is 0 Å². The van der Waals surface area contributed by atoms with Crippen molar-refractivity contribution in [3.63, 3.8) is 0 Å². The molecule has 0 rings (SSSR count). The smallest absolute Gasteiger partial charge is 0.0922 e. The molecule has 0 amide bonds. The average molecular weight is 104 g/mol. The Hall–Kier alpha value is -0.0800. The van der Waals surface area contributed by atoms with Crippen molar-refractivity contribution in [2.24, 2.45) is 0 Å². The molecule has 0 aromatic heterocycles. The molecule has 0 aliphatic heterocycles. The Kier molecular flexibility index (Phi) is 4.04. The summed E-state index contributed by atoms with van der Waals surface area (Å²) in [5.41, 5.74) is 0. The van der Waals surface area contributed by atoms with Gasteiger partial charge in [-0.3, -0.25) is 5.26 Å². The zero-order valence-electron chi connectivity index (χ0n) is 4.85. The predicted molar refractivity (Wildman–Crippen MR) is 28.1 cm³/mol. The molecule has 2 heteroatoms. The van der Waals surface area contributed by atoms with Crippen molar-refractivity contribution >= 4 is 0 Å². The van der Waals surface area contributed by atoms with Gasteiger partial charge in [-0.05, 0) is 12.8 Å². The summed E-state index contributed by atoms with van der Waals surface area (Å²) in [5.74, 6) is 0. The molecule has 0 saturated heterocycles. The normalized spacial score (nSPS) is 10.3. The first-order valence-electron chi connectivity index (χ1n) is 2.65. The fourth-order valence-electron chi connectivity index (χ4n) is 0.438. The van der Waals surface area contributed by atoms with Crippen molar-refractivity contribution in [2.45, 2.75) is 32.8 Å². The summed E-state index contributed by atoms with van der Waals surface area (Å²) < 4.78 is 0. The van der Waals surface area contributed by atoms with Crippen molar-refractivity contribution in [3.8, 4) is 0 Å². The highest BCUT2D eigenvalue weighted by Gasteiger charge is 1.98. The molecule has 0 fully saturated rings. The molecule has 0 spiro atoms. The maximum atomic E-state index is 8.03. The van der Waals surface area contributed by atoms with Crippen molar-refractivity contribution < 1.29 is 10.1 Å². The lowest BCUT2D eigenvalue weighted by Crippen LogP contribution is -2.05. The van der Waals surface area contributed by atoms with Gasteiger partial charge < -0.3 is 0 Å². The lowest BCUT2D eigenvalue weighted by molar-refractivity contribution is -0.279. The molecule has 0 atom stereocenters. The van der Waals surface area contributed by atoms with Crippen LogP contribution in [0.25, 0.3) is 0 Å². The van der Waals surface area contributed by atoms with E-state index < -0.39 is 0 Å². The highest BCUT2D eigenvalue weighted by molar-refractivity contribution is 4.45. The lowest BCUT2D eigenvalue weighted by Gasteiger charge is -2.04. The van der Waals surface area contributed by atoms with Crippen LogP contribution in [0.3, 0.4) is 0 Å². The van der Waals surface area contributed by atoms with E-state index in [4.69, 9.17) is 5.26 Å². The van der Waals surface area contributed by atoms with Crippen LogP contribution in [0, 0.1) is 0 Å². The van der Waals surface area contributed by atoms with Gasteiger partial charge in [-0.15, -0.1) is 0 Å². The molecule has 0 radical (unpaired) electrons. The number of hydrogen-bond donors (Lipinski definition) is 1. The fraction of sp³-hybridized carbons (Fsp3) is 1.00. The number of hydrogen-bond acceptors (Lipinski definition) is 2. The third-order valence-corrected chi connectivity index (χ3v) is 1.06. The van der Waals surface area contributed by atoms with E-state index in [9.17, 15) is 0 Å². The summed E-state index contributed by atoms with van der Waals surface area (Å²) in [5, 5.41) is 8.03. The van der Waals surface area contributed by atoms with Crippen LogP contribution < -0.4 is 0 Å². The van der Waals surface area contributed by atoms with E-state index in [1.165, 1.54) is 0 Å². The zero-order chi connectivity index (χ0) is 5.70. The summed E-state index contributed by atoms with van der Waals surface area (Å²) in [6, 6.07) is 0. The van der Waals surface area contributed by atoms with Crippen LogP contribution in [0.2, 0.25) is 0 Å². The minimum Gasteiger partial charge on any atom is -0.252 e. The molecule has 0 heterocycles. The molecule has 44 valence electrons. The second-order valence-corrected chi connectivity index (χ2v) is 1.54. The van der Waals surface area contributed by atoms with Crippen LogP contribution in [0.4, 0.5) is 0 Å². The molecule has 0 aliphatic rings. The van der Waals surface area contributed by atoms with Gasteiger partial charge in [0.15, 0.2) is 0 Å². The van der Waals surface area contributed by atoms with Gasteiger partial charge in [-0.1, -0.05) is 13.8 Å². The molecular formula is C5H12O2. The molecule has 7 heavy (non-hydrogen) atoms. The monoisotopic (exact) mass is 104 g/mol. The van der Waals surface area contributed by atoms with Crippen LogP contribution in [0.5, 0.6) is 0 Å². The van der Waals surface area contributed by atoms with E-state index in [1.54, 1.807) is 0 Å². The van der Waals surface area contributed by atoms with Gasteiger partial charge in [0, 0.05) is 0 Å². The summed E-state index contributed by atoms with van der Waals surface area (Å²) in [7, 11) is 0. The van der Waals surface area contributed by atoms with Crippen LogP contribution in [0.15, 0.2) is 0 Å². The fourth-order valence-corrected chi connectivity index (χ4v) is 0.438. The summed E-state index contributed by atoms with van der Waals surface area (Å²) in [4.78, 5) is 4.05. The van der Waals surface area contributed by atoms with E-state index in [1.807, 2.05) is 13.8 Å². The largest absolute Gasteiger partial charge is 0.252 e. The molecule has 0 aromatic carbocycles. The molecule has 2 nitrogen and oxygen atoms in total. The van der Waals surface area contributed by atoms with Gasteiger partial charge in [-0.25, -0.2) is 4.89 Å². The minimum atomic E-state index is 0.0417. The first-order valence-corrected chi connectivity index (χ1v) is 2.65. The molecule has 0 saturated carbocycles. The van der Waals surface area contributed by atoms with Crippen LogP contribution in [-0.2, 0) is 4.89 Å². The van der Waals surface area contributed by atoms with E-state index >= 15 is 0 Å². The van der Waals surface area contributed by atoms with E-state index in [0.29, 0.717) is 0 Å². The maximum absolute atomic E-state index is 8.03. The SMILES string of the molecule is CCC(CC)OO. The van der Waals surface area contributed by atoms with E-state index in [2.05, 4.69) is 4.89 Å². The van der Waals surface area contributed by atoms with Crippen molar-refractivity contribution in [1.82, 2.24) is 0 Å². The zero-order valence-corrected chi connectivity index (χ0v) is 4.85. The van der Waals surface area contributed by atoms with E-state index in [0.717, 1.165) is 12.8 Å². The Morgan fingerprint density at radius 3 is 1.86 bits per heavy atom. The highest BCUT2D eigenvalue weighted by Crippen LogP contribution is 1.98. The third-order valence-electron chi connectivity index (χ3n) is 1.06. The average Bonchev–Trinajstić information content (AvgIpc) is 1.72. The lowest BCUT2D eigenvalue weighted by atomic mass is 10.2. The standard InChI is InChI=1S/C5H12O2/c1-3-5(4-2)7-6/h5-6H,3-4H2,1-2H3. The quantitative estimate of drug-likeness (QED) is 0.436. The molecule has 0 bridgehead atoms. The van der Waals surface area contributed by atoms with Crippen LogP contribution in [-0.4, -0.2) is 11.4 Å². The highest BCUT2D eigenvalue weighted by atomic mass is 17.1. The first-order chi connectivity index (χ1) is 3.35. The maximum Gasteiger partial charge on any atom is 0.0922 e. The predicted octanol–water partition coefficient (Wildman–Crippen LogP) is 1.66. The van der Waals surface area contributed by atoms with Gasteiger partial charge in [0.2, 0.25) is 0 Å². The van der Waals surface area contributed by atoms with Crippen LogP contribution in [0.1, 0.15) is 26.7 Å². The van der Waals surface area contributed by atoms with Gasteiger partial charge in [-0.2, -0.15) is 0 Å². The molecule has 0 aliphatic carbocycles. The Labute approximate surface area is 44.0 Å². The molecule has 0 unspecified atom stereocenters. The Morgan fingerprint density at radius 2 is 1.86 bits per heavy atom. The first kappa shape index (κ1) is 6.92. The summed E-state index contributed by atoms with van der Waals surface area (Å²) in [6.07, 6.45) is 1.81. The Bertz CT molecular complexity index is 27.6. The van der Waals surface area contributed by atoms with E-state index in [-0.39, 0.29) is 6.10 Å². The van der Waals surface area contributed by atoms with Crippen LogP contribution >= 0.6 is 0 Å². The molecule has 0 aromatic rings. The summed E-state index contributed by atoms with van der Waals surface area (Å²) in [6.45, 7) is 3.95. The third kappa shape index (κ3) is 2.60. The van der Waals surface area contributed by atoms with Crippen molar-refractivity contribution in [3.05, 3.63) is 0 Å². The van der Waals surface area contributed by atoms with Crippen molar-refractivity contribution in [2.75, 3.05) is 0 Å². The molecular weight excluding hydrogens is 92.1 g/mol. The minimum absolute atomic E-state index is 0.0417. The Balaban J connectivity index is 2.99. The van der Waals surface area contributed by atoms with Gasteiger partial charge in [0.25, 0.3) is 0 Å². The van der Waals surface area contributed by atoms with Crippen molar-refractivity contribution in [1.29, 1.82) is 0 Å². The number of rotatable bonds is 3. The molecule has 1 N–H and O–H groups in total. The second-order valence-electron chi connectivity index (χ2n) is 1.54. The topological polar surface area (TPSA) is 29.5 Å². The summed E-state index contributed by atoms with van der Waals surface area (Å²) >= 11 is 0. The second kappa shape index (κ2) is 4.09.